The number of halogens is 2. The fourth-order valence-electron chi connectivity index (χ4n) is 1.96. The molecule has 0 N–H and O–H groups in total. The largest absolute Gasteiger partial charge is 0.277 e. The molecule has 1 aromatic heterocycles. The van der Waals surface area contributed by atoms with Crippen molar-refractivity contribution in [2.24, 2.45) is 0 Å². The van der Waals surface area contributed by atoms with E-state index in [1.54, 1.807) is 30.2 Å². The molecule has 0 unspecified atom stereocenters. The third-order valence-electron chi connectivity index (χ3n) is 3.23. The third-order valence-corrected chi connectivity index (χ3v) is 4.65. The highest BCUT2D eigenvalue weighted by molar-refractivity contribution is 7.98. The Morgan fingerprint density at radius 2 is 1.95 bits per heavy atom. The number of thioether (sulfide) groups is 1. The Bertz CT molecular complexity index is 786. The lowest BCUT2D eigenvalue weighted by Gasteiger charge is -2.08. The molecule has 3 rings (SSSR count). The van der Waals surface area contributed by atoms with E-state index in [2.05, 4.69) is 10.2 Å². The molecule has 0 spiro atoms. The molecule has 0 fully saturated rings. The van der Waals surface area contributed by atoms with Crippen LogP contribution in [0.1, 0.15) is 11.1 Å². The molecular weight excluding hydrogens is 321 g/mol. The Morgan fingerprint density at radius 1 is 1.18 bits per heavy atom. The first-order chi connectivity index (χ1) is 10.6. The Balaban J connectivity index is 1.79. The van der Waals surface area contributed by atoms with Crippen molar-refractivity contribution in [3.05, 3.63) is 70.8 Å². The summed E-state index contributed by atoms with van der Waals surface area (Å²) in [5, 5.41) is 9.58. The van der Waals surface area contributed by atoms with Gasteiger partial charge in [-0.25, -0.2) is 4.39 Å². The summed E-state index contributed by atoms with van der Waals surface area (Å²) in [6, 6.07) is 12.3. The van der Waals surface area contributed by atoms with E-state index in [4.69, 9.17) is 11.6 Å². The average molecular weight is 334 g/mol. The van der Waals surface area contributed by atoms with E-state index in [1.165, 1.54) is 12.1 Å². The zero-order valence-corrected chi connectivity index (χ0v) is 13.4. The first-order valence-electron chi connectivity index (χ1n) is 6.67. The summed E-state index contributed by atoms with van der Waals surface area (Å²) in [7, 11) is 0. The van der Waals surface area contributed by atoms with E-state index in [9.17, 15) is 4.39 Å². The van der Waals surface area contributed by atoms with Gasteiger partial charge in [-0.1, -0.05) is 41.6 Å². The molecular formula is C16H13ClFN3S. The van der Waals surface area contributed by atoms with Gasteiger partial charge in [0.25, 0.3) is 0 Å². The van der Waals surface area contributed by atoms with Crippen molar-refractivity contribution >= 4 is 23.4 Å². The Hall–Kier alpha value is -1.85. The number of nitrogens with zero attached hydrogens (tertiary/aromatic N) is 3. The number of hydrogen-bond donors (Lipinski definition) is 0. The highest BCUT2D eigenvalue weighted by Crippen LogP contribution is 2.25. The van der Waals surface area contributed by atoms with Crippen LogP contribution in [0.3, 0.4) is 0 Å². The van der Waals surface area contributed by atoms with Crippen molar-refractivity contribution < 1.29 is 4.39 Å². The van der Waals surface area contributed by atoms with Crippen LogP contribution in [0.2, 0.25) is 5.02 Å². The maximum atomic E-state index is 12.9. The molecule has 0 amide bonds. The second-order valence-corrected chi connectivity index (χ2v) is 6.18. The third kappa shape index (κ3) is 3.31. The molecule has 0 atom stereocenters. The van der Waals surface area contributed by atoms with Gasteiger partial charge in [-0.05, 0) is 42.3 Å². The van der Waals surface area contributed by atoms with Gasteiger partial charge in [-0.15, -0.1) is 10.2 Å². The van der Waals surface area contributed by atoms with Gasteiger partial charge in [0.2, 0.25) is 0 Å². The molecule has 112 valence electrons. The lowest BCUT2D eigenvalue weighted by atomic mass is 10.2. The highest BCUT2D eigenvalue weighted by Gasteiger charge is 2.09. The summed E-state index contributed by atoms with van der Waals surface area (Å²) in [6.45, 7) is 1.96. The number of rotatable bonds is 4. The van der Waals surface area contributed by atoms with Gasteiger partial charge in [-0.2, -0.15) is 0 Å². The van der Waals surface area contributed by atoms with Crippen molar-refractivity contribution in [2.75, 3.05) is 0 Å². The monoisotopic (exact) mass is 333 g/mol. The quantitative estimate of drug-likeness (QED) is 0.650. The van der Waals surface area contributed by atoms with Gasteiger partial charge in [0.15, 0.2) is 5.16 Å². The minimum absolute atomic E-state index is 0.230. The van der Waals surface area contributed by atoms with E-state index in [1.807, 2.05) is 29.7 Å². The van der Waals surface area contributed by atoms with Crippen molar-refractivity contribution in [3.8, 4) is 5.69 Å². The van der Waals surface area contributed by atoms with Crippen molar-refractivity contribution in [3.63, 3.8) is 0 Å². The summed E-state index contributed by atoms with van der Waals surface area (Å²) in [4.78, 5) is 0. The van der Waals surface area contributed by atoms with Crippen LogP contribution >= 0.6 is 23.4 Å². The van der Waals surface area contributed by atoms with E-state index in [0.717, 1.165) is 22.0 Å². The number of aryl methyl sites for hydroxylation is 1. The van der Waals surface area contributed by atoms with Gasteiger partial charge in [0, 0.05) is 10.8 Å². The molecule has 22 heavy (non-hydrogen) atoms. The highest BCUT2D eigenvalue weighted by atomic mass is 35.5. The second-order valence-electron chi connectivity index (χ2n) is 4.83. The molecule has 3 nitrogen and oxygen atoms in total. The lowest BCUT2D eigenvalue weighted by molar-refractivity contribution is 0.627. The summed E-state index contributed by atoms with van der Waals surface area (Å²) >= 11 is 7.72. The minimum atomic E-state index is -0.230. The molecule has 0 aliphatic heterocycles. The van der Waals surface area contributed by atoms with Gasteiger partial charge in [0.1, 0.15) is 12.1 Å². The van der Waals surface area contributed by atoms with Crippen molar-refractivity contribution in [1.82, 2.24) is 14.8 Å². The number of aromatic nitrogens is 3. The Kier molecular flexibility index (Phi) is 4.45. The fraction of sp³-hybridized carbons (Fsp3) is 0.125. The standard InChI is InChI=1S/C16H13ClFN3S/c1-11-2-7-14(8-15(11)17)21-10-19-20-16(21)22-9-12-3-5-13(18)6-4-12/h2-8,10H,9H2,1H3. The number of benzene rings is 2. The molecule has 0 saturated carbocycles. The minimum Gasteiger partial charge on any atom is -0.277 e. The number of hydrogen-bond acceptors (Lipinski definition) is 3. The molecule has 3 aromatic rings. The van der Waals surface area contributed by atoms with Crippen LogP contribution in [0.15, 0.2) is 53.9 Å². The SMILES string of the molecule is Cc1ccc(-n2cnnc2SCc2ccc(F)cc2)cc1Cl. The zero-order chi connectivity index (χ0) is 15.5. The van der Waals surface area contributed by atoms with E-state index < -0.39 is 0 Å². The topological polar surface area (TPSA) is 30.7 Å². The van der Waals surface area contributed by atoms with Crippen LogP contribution in [0.25, 0.3) is 5.69 Å². The molecule has 0 aliphatic carbocycles. The Morgan fingerprint density at radius 3 is 2.68 bits per heavy atom. The zero-order valence-electron chi connectivity index (χ0n) is 11.8. The smallest absolute Gasteiger partial charge is 0.195 e. The molecule has 0 bridgehead atoms. The van der Waals surface area contributed by atoms with Crippen LogP contribution in [0.4, 0.5) is 4.39 Å². The predicted molar refractivity (Wildman–Crippen MR) is 87.1 cm³/mol. The molecule has 0 saturated heterocycles. The van der Waals surface area contributed by atoms with Gasteiger partial charge >= 0.3 is 0 Å². The Labute approximate surface area is 137 Å². The summed E-state index contributed by atoms with van der Waals surface area (Å²) in [5.41, 5.74) is 2.98. The van der Waals surface area contributed by atoms with Gasteiger partial charge in [-0.3, -0.25) is 4.57 Å². The van der Waals surface area contributed by atoms with Crippen LogP contribution < -0.4 is 0 Å². The van der Waals surface area contributed by atoms with E-state index >= 15 is 0 Å². The van der Waals surface area contributed by atoms with Crippen LogP contribution in [-0.2, 0) is 5.75 Å². The summed E-state index contributed by atoms with van der Waals surface area (Å²) in [5.74, 6) is 0.463. The summed E-state index contributed by atoms with van der Waals surface area (Å²) < 4.78 is 14.8. The lowest BCUT2D eigenvalue weighted by Crippen LogP contribution is -1.96. The van der Waals surface area contributed by atoms with E-state index in [0.29, 0.717) is 10.8 Å². The second kappa shape index (κ2) is 6.50. The van der Waals surface area contributed by atoms with Crippen molar-refractivity contribution in [1.29, 1.82) is 0 Å². The normalized spacial score (nSPS) is 10.9. The van der Waals surface area contributed by atoms with Crippen LogP contribution in [0, 0.1) is 12.7 Å². The fourth-order valence-corrected chi connectivity index (χ4v) is 3.02. The molecule has 1 heterocycles. The van der Waals surface area contributed by atoms with Crippen molar-refractivity contribution in [2.45, 2.75) is 17.8 Å². The van der Waals surface area contributed by atoms with Crippen LogP contribution in [0.5, 0.6) is 0 Å². The maximum Gasteiger partial charge on any atom is 0.195 e. The van der Waals surface area contributed by atoms with E-state index in [-0.39, 0.29) is 5.82 Å². The van der Waals surface area contributed by atoms with Gasteiger partial charge in [0.05, 0.1) is 5.69 Å². The first kappa shape index (κ1) is 15.1. The average Bonchev–Trinajstić information content (AvgIpc) is 2.98. The molecule has 0 radical (unpaired) electrons. The maximum absolute atomic E-state index is 12.9. The molecule has 0 aliphatic rings. The first-order valence-corrected chi connectivity index (χ1v) is 8.03. The predicted octanol–water partition coefficient (Wildman–Crippen LogP) is 4.66. The molecule has 6 heteroatoms. The van der Waals surface area contributed by atoms with Gasteiger partial charge < -0.3 is 0 Å². The van der Waals surface area contributed by atoms with Crippen LogP contribution in [-0.4, -0.2) is 14.8 Å². The molecule has 2 aromatic carbocycles. The summed E-state index contributed by atoms with van der Waals surface area (Å²) in [6.07, 6.45) is 1.66.